The lowest BCUT2D eigenvalue weighted by molar-refractivity contribution is -0.0317. The zero-order valence-electron chi connectivity index (χ0n) is 15.0. The second-order valence-electron chi connectivity index (χ2n) is 7.73. The predicted molar refractivity (Wildman–Crippen MR) is 102 cm³/mol. The van der Waals surface area contributed by atoms with E-state index in [1.165, 1.54) is 17.4 Å². The smallest absolute Gasteiger partial charge is 0.0728 e. The van der Waals surface area contributed by atoms with Gasteiger partial charge in [0.05, 0.1) is 11.1 Å². The van der Waals surface area contributed by atoms with Crippen molar-refractivity contribution in [2.45, 2.75) is 43.6 Å². The zero-order valence-corrected chi connectivity index (χ0v) is 15.0. The quantitative estimate of drug-likeness (QED) is 0.899. The van der Waals surface area contributed by atoms with Crippen molar-refractivity contribution >= 4 is 10.9 Å². The number of hydrogen-bond acceptors (Lipinski definition) is 4. The van der Waals surface area contributed by atoms with E-state index in [-0.39, 0.29) is 5.92 Å². The fraction of sp³-hybridized carbons (Fsp3) is 0.571. The van der Waals surface area contributed by atoms with Gasteiger partial charge in [-0.05, 0) is 30.5 Å². The molecule has 1 atom stereocenters. The third-order valence-electron chi connectivity index (χ3n) is 6.03. The average molecular weight is 339 g/mol. The fourth-order valence-electron chi connectivity index (χ4n) is 4.53. The van der Waals surface area contributed by atoms with Crippen molar-refractivity contribution in [3.8, 4) is 0 Å². The lowest BCUT2D eigenvalue weighted by Crippen LogP contribution is -2.49. The minimum absolute atomic E-state index is 0.142. The number of aromatic nitrogens is 1. The molecule has 1 aromatic heterocycles. The molecule has 25 heavy (non-hydrogen) atoms. The van der Waals surface area contributed by atoms with E-state index in [4.69, 9.17) is 0 Å². The van der Waals surface area contributed by atoms with E-state index in [1.54, 1.807) is 0 Å². The minimum atomic E-state index is -0.590. The summed E-state index contributed by atoms with van der Waals surface area (Å²) in [4.78, 5) is 7.18. The first-order valence-electron chi connectivity index (χ1n) is 9.75. The van der Waals surface area contributed by atoms with E-state index in [1.807, 2.05) is 12.3 Å². The standard InChI is InChI=1S/C21H29N3O/c25-21(8-4-1-5-9-21)19(16-24-12-10-22-11-13-24)18-14-17-6-2-3-7-20(17)23-15-18/h2-3,6-7,14-15,19,22,25H,1,4-5,8-13,16H2. The number of piperazine rings is 1. The van der Waals surface area contributed by atoms with Gasteiger partial charge in [0, 0.05) is 50.2 Å². The maximum atomic E-state index is 11.5. The Morgan fingerprint density at radius 2 is 1.88 bits per heavy atom. The molecule has 1 saturated heterocycles. The Labute approximate surface area is 150 Å². The molecule has 0 spiro atoms. The molecule has 1 saturated carbocycles. The van der Waals surface area contributed by atoms with Crippen molar-refractivity contribution in [1.82, 2.24) is 15.2 Å². The predicted octanol–water partition coefficient (Wildman–Crippen LogP) is 2.92. The lowest BCUT2D eigenvalue weighted by atomic mass is 9.72. The number of nitrogens with zero attached hydrogens (tertiary/aromatic N) is 2. The highest BCUT2D eigenvalue weighted by Crippen LogP contribution is 2.40. The maximum Gasteiger partial charge on any atom is 0.0728 e. The summed E-state index contributed by atoms with van der Waals surface area (Å²) in [6.07, 6.45) is 7.35. The summed E-state index contributed by atoms with van der Waals surface area (Å²) in [6, 6.07) is 10.5. The number of para-hydroxylation sites is 1. The summed E-state index contributed by atoms with van der Waals surface area (Å²) >= 11 is 0. The molecule has 2 fully saturated rings. The highest BCUT2D eigenvalue weighted by atomic mass is 16.3. The molecule has 1 aliphatic carbocycles. The molecule has 4 rings (SSSR count). The van der Waals surface area contributed by atoms with Crippen LogP contribution in [0, 0.1) is 0 Å². The van der Waals surface area contributed by atoms with Gasteiger partial charge in [0.1, 0.15) is 0 Å². The molecule has 2 aliphatic rings. The highest BCUT2D eigenvalue weighted by Gasteiger charge is 2.39. The van der Waals surface area contributed by atoms with Crippen LogP contribution in [0.3, 0.4) is 0 Å². The van der Waals surface area contributed by atoms with Crippen LogP contribution in [-0.4, -0.2) is 53.3 Å². The van der Waals surface area contributed by atoms with E-state index in [9.17, 15) is 5.11 Å². The molecular weight excluding hydrogens is 310 g/mol. The fourth-order valence-corrected chi connectivity index (χ4v) is 4.53. The van der Waals surface area contributed by atoms with Crippen LogP contribution in [0.4, 0.5) is 0 Å². The molecule has 2 heterocycles. The number of fused-ring (bicyclic) bond motifs is 1. The largest absolute Gasteiger partial charge is 0.389 e. The van der Waals surface area contributed by atoms with Gasteiger partial charge < -0.3 is 15.3 Å². The van der Waals surface area contributed by atoms with Crippen LogP contribution in [0.1, 0.15) is 43.6 Å². The van der Waals surface area contributed by atoms with Gasteiger partial charge in [-0.25, -0.2) is 0 Å². The Kier molecular flexibility index (Phi) is 5.02. The second kappa shape index (κ2) is 7.40. The SMILES string of the molecule is OC1(C(CN2CCNCC2)c2cnc3ccccc3c2)CCCCC1. The Hall–Kier alpha value is -1.49. The maximum absolute atomic E-state index is 11.5. The van der Waals surface area contributed by atoms with E-state index in [0.29, 0.717) is 0 Å². The van der Waals surface area contributed by atoms with Crippen molar-refractivity contribution in [3.63, 3.8) is 0 Å². The number of aliphatic hydroxyl groups is 1. The average Bonchev–Trinajstić information content (AvgIpc) is 2.67. The molecular formula is C21H29N3O. The molecule has 1 aliphatic heterocycles. The van der Waals surface area contributed by atoms with E-state index < -0.39 is 5.60 Å². The van der Waals surface area contributed by atoms with E-state index in [0.717, 1.165) is 63.9 Å². The molecule has 1 unspecified atom stereocenters. The Morgan fingerprint density at radius 1 is 1.12 bits per heavy atom. The lowest BCUT2D eigenvalue weighted by Gasteiger charge is -2.42. The summed E-state index contributed by atoms with van der Waals surface area (Å²) < 4.78 is 0. The van der Waals surface area contributed by atoms with Gasteiger partial charge in [0.2, 0.25) is 0 Å². The summed E-state index contributed by atoms with van der Waals surface area (Å²) in [5, 5.41) is 16.1. The van der Waals surface area contributed by atoms with E-state index in [2.05, 4.69) is 39.5 Å². The van der Waals surface area contributed by atoms with Gasteiger partial charge in [-0.2, -0.15) is 0 Å². The van der Waals surface area contributed by atoms with Crippen LogP contribution in [0.2, 0.25) is 0 Å². The van der Waals surface area contributed by atoms with Crippen molar-refractivity contribution in [3.05, 3.63) is 42.1 Å². The van der Waals surface area contributed by atoms with Gasteiger partial charge in [0.15, 0.2) is 0 Å². The molecule has 1 aromatic carbocycles. The number of hydrogen-bond donors (Lipinski definition) is 2. The first-order valence-corrected chi connectivity index (χ1v) is 9.75. The number of pyridine rings is 1. The van der Waals surface area contributed by atoms with Crippen molar-refractivity contribution in [1.29, 1.82) is 0 Å². The molecule has 2 aromatic rings. The summed E-state index contributed by atoms with van der Waals surface area (Å²) in [6.45, 7) is 5.14. The van der Waals surface area contributed by atoms with Gasteiger partial charge in [-0.3, -0.25) is 4.98 Å². The first kappa shape index (κ1) is 17.0. The minimum Gasteiger partial charge on any atom is -0.389 e. The summed E-state index contributed by atoms with van der Waals surface area (Å²) in [5.74, 6) is 0.142. The number of nitrogens with one attached hydrogen (secondary N) is 1. The van der Waals surface area contributed by atoms with Crippen LogP contribution in [0.15, 0.2) is 36.5 Å². The summed E-state index contributed by atoms with van der Waals surface area (Å²) in [5.41, 5.74) is 1.64. The van der Waals surface area contributed by atoms with Gasteiger partial charge in [-0.1, -0.05) is 37.5 Å². The molecule has 2 N–H and O–H groups in total. The van der Waals surface area contributed by atoms with Crippen LogP contribution >= 0.6 is 0 Å². The number of benzene rings is 1. The Bertz CT molecular complexity index is 705. The monoisotopic (exact) mass is 339 g/mol. The molecule has 0 radical (unpaired) electrons. The summed E-state index contributed by atoms with van der Waals surface area (Å²) in [7, 11) is 0. The van der Waals surface area contributed by atoms with Gasteiger partial charge >= 0.3 is 0 Å². The Morgan fingerprint density at radius 3 is 2.68 bits per heavy atom. The molecule has 0 amide bonds. The third kappa shape index (κ3) is 3.71. The second-order valence-corrected chi connectivity index (χ2v) is 7.73. The van der Waals surface area contributed by atoms with Gasteiger partial charge in [-0.15, -0.1) is 0 Å². The molecule has 4 nitrogen and oxygen atoms in total. The molecule has 134 valence electrons. The topological polar surface area (TPSA) is 48.4 Å². The molecule has 4 heteroatoms. The molecule has 0 bridgehead atoms. The normalized spacial score (nSPS) is 22.8. The van der Waals surface area contributed by atoms with E-state index >= 15 is 0 Å². The van der Waals surface area contributed by atoms with Crippen LogP contribution in [-0.2, 0) is 0 Å². The zero-order chi connectivity index (χ0) is 17.1. The van der Waals surface area contributed by atoms with Gasteiger partial charge in [0.25, 0.3) is 0 Å². The van der Waals surface area contributed by atoms with Crippen LogP contribution in [0.25, 0.3) is 10.9 Å². The van der Waals surface area contributed by atoms with Crippen LogP contribution < -0.4 is 5.32 Å². The number of rotatable bonds is 4. The van der Waals surface area contributed by atoms with Crippen molar-refractivity contribution in [2.24, 2.45) is 0 Å². The van der Waals surface area contributed by atoms with Crippen molar-refractivity contribution < 1.29 is 5.11 Å². The van der Waals surface area contributed by atoms with Crippen molar-refractivity contribution in [2.75, 3.05) is 32.7 Å². The highest BCUT2D eigenvalue weighted by molar-refractivity contribution is 5.78. The third-order valence-corrected chi connectivity index (χ3v) is 6.03. The van der Waals surface area contributed by atoms with Crippen LogP contribution in [0.5, 0.6) is 0 Å². The first-order chi connectivity index (χ1) is 12.2. The Balaban J connectivity index is 1.67.